The highest BCUT2D eigenvalue weighted by molar-refractivity contribution is 5.74. The maximum absolute atomic E-state index is 14.1. The Labute approximate surface area is 157 Å². The van der Waals surface area contributed by atoms with Crippen molar-refractivity contribution < 1.29 is 28.9 Å². The van der Waals surface area contributed by atoms with Crippen LogP contribution < -0.4 is 9.47 Å². The monoisotopic (exact) mass is 361 g/mol. The molecular formula is C20H20FNO4. The molecule has 1 atom stereocenters. The summed E-state index contributed by atoms with van der Waals surface area (Å²) in [7, 11) is 0. The smallest absolute Gasteiger partial charge is 0.347 e. The lowest BCUT2D eigenvalue weighted by molar-refractivity contribution is -0.151. The van der Waals surface area contributed by atoms with Gasteiger partial charge in [-0.25, -0.2) is 9.18 Å². The Morgan fingerprint density at radius 3 is 2.62 bits per heavy atom. The van der Waals surface area contributed by atoms with E-state index in [0.29, 0.717) is 6.42 Å². The first kappa shape index (κ1) is 14.1. The van der Waals surface area contributed by atoms with Crippen molar-refractivity contribution >= 4 is 5.97 Å². The van der Waals surface area contributed by atoms with E-state index in [4.69, 9.17) is 25.0 Å². The molecule has 0 saturated carbocycles. The van der Waals surface area contributed by atoms with Crippen LogP contribution in [-0.2, 0) is 9.53 Å². The Morgan fingerprint density at radius 1 is 1.31 bits per heavy atom. The molecule has 0 bridgehead atoms. The molecule has 0 saturated heterocycles. The third-order valence-electron chi connectivity index (χ3n) is 3.22. The fourth-order valence-electron chi connectivity index (χ4n) is 1.82. The molecule has 0 aromatic heterocycles. The zero-order valence-electron chi connectivity index (χ0n) is 18.4. The molecule has 0 N–H and O–H groups in total. The summed E-state index contributed by atoms with van der Waals surface area (Å²) >= 11 is 0. The molecule has 136 valence electrons. The van der Waals surface area contributed by atoms with Gasteiger partial charge in [0.2, 0.25) is 0 Å². The molecule has 0 spiro atoms. The van der Waals surface area contributed by atoms with Crippen LogP contribution in [0, 0.1) is 17.1 Å². The highest BCUT2D eigenvalue weighted by Gasteiger charge is 2.16. The number of halogens is 1. The Balaban J connectivity index is 2.31. The molecule has 0 aliphatic heterocycles. The molecule has 2 aromatic rings. The van der Waals surface area contributed by atoms with Gasteiger partial charge in [-0.1, -0.05) is 13.3 Å². The number of esters is 1. The lowest BCUT2D eigenvalue weighted by atomic mass is 10.2. The van der Waals surface area contributed by atoms with Crippen LogP contribution in [0.15, 0.2) is 42.4 Å². The van der Waals surface area contributed by atoms with Gasteiger partial charge in [-0.05, 0) is 55.7 Å². The van der Waals surface area contributed by atoms with E-state index < -0.39 is 53.6 Å². The van der Waals surface area contributed by atoms with Gasteiger partial charge in [-0.15, -0.1) is 0 Å². The van der Waals surface area contributed by atoms with Crippen molar-refractivity contribution in [3.63, 3.8) is 0 Å². The van der Waals surface area contributed by atoms with E-state index in [1.54, 1.807) is 6.07 Å². The number of carbonyl (C=O) groups excluding carboxylic acids is 1. The molecule has 5 nitrogen and oxygen atoms in total. The summed E-state index contributed by atoms with van der Waals surface area (Å²) in [5.41, 5.74) is 0.0583. The van der Waals surface area contributed by atoms with Crippen molar-refractivity contribution in [1.82, 2.24) is 0 Å². The van der Waals surface area contributed by atoms with Crippen molar-refractivity contribution in [2.45, 2.75) is 32.8 Å². The van der Waals surface area contributed by atoms with Gasteiger partial charge >= 0.3 is 5.97 Å². The maximum Gasteiger partial charge on any atom is 0.347 e. The summed E-state index contributed by atoms with van der Waals surface area (Å²) in [5.74, 6) is -2.91. The number of rotatable bonds is 8. The van der Waals surface area contributed by atoms with Gasteiger partial charge in [-0.3, -0.25) is 0 Å². The minimum atomic E-state index is -1.16. The van der Waals surface area contributed by atoms with Gasteiger partial charge in [0.15, 0.2) is 17.7 Å². The summed E-state index contributed by atoms with van der Waals surface area (Å²) in [5, 5.41) is 8.79. The topological polar surface area (TPSA) is 68.6 Å². The molecule has 0 aliphatic carbocycles. The first-order chi connectivity index (χ1) is 14.2. The molecule has 26 heavy (non-hydrogen) atoms. The van der Waals surface area contributed by atoms with Crippen molar-refractivity contribution in [2.24, 2.45) is 0 Å². The second-order valence-corrected chi connectivity index (χ2v) is 5.30. The number of hydrogen-bond donors (Lipinski definition) is 0. The number of ether oxygens (including phenoxy) is 3. The van der Waals surface area contributed by atoms with Gasteiger partial charge in [-0.2, -0.15) is 5.26 Å². The van der Waals surface area contributed by atoms with Crippen molar-refractivity contribution in [1.29, 1.82) is 5.26 Å². The second-order valence-electron chi connectivity index (χ2n) is 5.30. The van der Waals surface area contributed by atoms with Gasteiger partial charge < -0.3 is 14.2 Å². The van der Waals surface area contributed by atoms with E-state index in [1.807, 2.05) is 6.92 Å². The molecule has 0 unspecified atom stereocenters. The van der Waals surface area contributed by atoms with Gasteiger partial charge in [0.1, 0.15) is 11.5 Å². The first-order valence-corrected chi connectivity index (χ1v) is 8.02. The average molecular weight is 361 g/mol. The van der Waals surface area contributed by atoms with Gasteiger partial charge in [0, 0.05) is 0 Å². The third kappa shape index (κ3) is 5.49. The quantitative estimate of drug-likeness (QED) is 0.508. The molecule has 0 radical (unpaired) electrons. The summed E-state index contributed by atoms with van der Waals surface area (Å²) in [6.07, 6.45) is 0.357. The van der Waals surface area contributed by atoms with Crippen LogP contribution >= 0.6 is 0 Å². The fourth-order valence-corrected chi connectivity index (χ4v) is 1.82. The number of benzene rings is 2. The number of unbranched alkanes of at least 4 members (excludes halogenated alkanes) is 1. The zero-order chi connectivity index (χ0) is 22.4. The van der Waals surface area contributed by atoms with Crippen LogP contribution in [0.5, 0.6) is 17.2 Å². The molecule has 2 aromatic carbocycles. The normalized spacial score (nSPS) is 13.5. The van der Waals surface area contributed by atoms with E-state index >= 15 is 0 Å². The minimum absolute atomic E-state index is 0.0583. The van der Waals surface area contributed by atoms with Gasteiger partial charge in [0.25, 0.3) is 0 Å². The van der Waals surface area contributed by atoms with Crippen molar-refractivity contribution in [3.05, 3.63) is 53.7 Å². The van der Waals surface area contributed by atoms with Crippen LogP contribution in [0.3, 0.4) is 0 Å². The van der Waals surface area contributed by atoms with E-state index in [9.17, 15) is 9.18 Å². The number of hydrogen-bond acceptors (Lipinski definition) is 5. The van der Waals surface area contributed by atoms with Gasteiger partial charge in [0.05, 0.1) is 23.7 Å². The molecule has 0 aliphatic rings. The molecule has 0 heterocycles. The van der Waals surface area contributed by atoms with E-state index in [-0.39, 0.29) is 17.9 Å². The van der Waals surface area contributed by atoms with E-state index in [0.717, 1.165) is 18.6 Å². The van der Waals surface area contributed by atoms with Crippen LogP contribution in [-0.4, -0.2) is 18.7 Å². The van der Waals surface area contributed by atoms with Crippen molar-refractivity contribution in [3.8, 4) is 23.3 Å². The van der Waals surface area contributed by atoms with Crippen LogP contribution in [0.4, 0.5) is 4.39 Å². The highest BCUT2D eigenvalue weighted by Crippen LogP contribution is 2.27. The summed E-state index contributed by atoms with van der Waals surface area (Å²) < 4.78 is 62.0. The molecule has 0 fully saturated rings. The Hall–Kier alpha value is -3.07. The predicted octanol–water partition coefficient (Wildman–Crippen LogP) is 4.60. The number of nitriles is 1. The lowest BCUT2D eigenvalue weighted by Gasteiger charge is -2.14. The van der Waals surface area contributed by atoms with E-state index in [1.165, 1.54) is 13.0 Å². The Kier molecular flexibility index (Phi) is 5.12. The first-order valence-electron chi connectivity index (χ1n) is 10.0. The zero-order valence-corrected chi connectivity index (χ0v) is 14.4. The second kappa shape index (κ2) is 9.42. The highest BCUT2D eigenvalue weighted by atomic mass is 19.1. The van der Waals surface area contributed by atoms with E-state index in [2.05, 4.69) is 0 Å². The summed E-state index contributed by atoms with van der Waals surface area (Å²) in [6, 6.07) is 2.73. The summed E-state index contributed by atoms with van der Waals surface area (Å²) in [4.78, 5) is 12.0. The summed E-state index contributed by atoms with van der Waals surface area (Å²) in [6.45, 7) is 3.52. The molecule has 6 heteroatoms. The number of carbonyl (C=O) groups is 1. The Morgan fingerprint density at radius 2 is 2.00 bits per heavy atom. The Bertz CT molecular complexity index is 965. The van der Waals surface area contributed by atoms with Crippen LogP contribution in [0.1, 0.15) is 37.7 Å². The maximum atomic E-state index is 14.1. The standard InChI is InChI=1S/C20H20FNO4/c1-3-4-11-24-20(23)14(2)25-16-6-8-17(9-7-16)26-19-10-5-15(13-22)12-18(19)21/h5-10,12,14H,3-4,11H2,1-2H3/t14-/m1/s1/i6D,7D,8D,9D. The third-order valence-corrected chi connectivity index (χ3v) is 3.22. The van der Waals surface area contributed by atoms with Crippen molar-refractivity contribution in [2.75, 3.05) is 6.61 Å². The number of nitrogens with zero attached hydrogens (tertiary/aromatic N) is 1. The average Bonchev–Trinajstić information content (AvgIpc) is 2.73. The lowest BCUT2D eigenvalue weighted by Crippen LogP contribution is -2.26. The van der Waals surface area contributed by atoms with Crippen LogP contribution in [0.2, 0.25) is 0 Å². The SMILES string of the molecule is [2H]c1c([2H])c(O[C@H](C)C(=O)OCCCC)c([2H])c([2H])c1Oc1ccc(C#N)cc1F. The molecular weight excluding hydrogens is 337 g/mol. The van der Waals surface area contributed by atoms with Crippen LogP contribution in [0.25, 0.3) is 0 Å². The molecule has 2 rings (SSSR count). The minimum Gasteiger partial charge on any atom is -0.479 e. The molecule has 0 amide bonds. The fraction of sp³-hybridized carbons (Fsp3) is 0.300. The largest absolute Gasteiger partial charge is 0.479 e. The predicted molar refractivity (Wildman–Crippen MR) is 93.6 cm³/mol.